The van der Waals surface area contributed by atoms with Crippen molar-refractivity contribution in [3.05, 3.63) is 60.3 Å². The number of anilines is 3. The second-order valence-corrected chi connectivity index (χ2v) is 8.27. The maximum atomic E-state index is 13.4. The van der Waals surface area contributed by atoms with E-state index in [4.69, 9.17) is 0 Å². The molecule has 0 atom stereocenters. The lowest BCUT2D eigenvalue weighted by Gasteiger charge is -2.17. The zero-order chi connectivity index (χ0) is 23.8. The summed E-state index contributed by atoms with van der Waals surface area (Å²) < 4.78 is 40.3. The number of aromatic nitrogens is 1. The maximum absolute atomic E-state index is 13.4. The molecule has 0 saturated carbocycles. The molecule has 3 fully saturated rings. The number of halogens is 3. The number of rotatable bonds is 5. The first kappa shape index (κ1) is 20.4. The van der Waals surface area contributed by atoms with Gasteiger partial charge < -0.3 is 4.90 Å². The summed E-state index contributed by atoms with van der Waals surface area (Å²) in [4.78, 5) is 44.5. The molecule has 3 amide bonds. The molecule has 6 rings (SSSR count). The van der Waals surface area contributed by atoms with Crippen LogP contribution in [-0.4, -0.2) is 42.3 Å². The van der Waals surface area contributed by atoms with E-state index in [0.717, 1.165) is 6.07 Å². The number of nitrogens with zero attached hydrogens (tertiary/aromatic N) is 4. The molecule has 0 radical (unpaired) electrons. The third-order valence-corrected chi connectivity index (χ3v) is 6.02. The summed E-state index contributed by atoms with van der Waals surface area (Å²) >= 11 is 0. The van der Waals surface area contributed by atoms with Gasteiger partial charge in [-0.1, -0.05) is 24.3 Å². The van der Waals surface area contributed by atoms with Crippen molar-refractivity contribution in [1.82, 2.24) is 4.98 Å². The zero-order valence-electron chi connectivity index (χ0n) is 17.5. The minimum Gasteiger partial charge on any atom is -0.301 e. The molecule has 0 bridgehead atoms. The smallest absolute Gasteiger partial charge is 0.301 e. The predicted molar refractivity (Wildman–Crippen MR) is 117 cm³/mol. The molecular formula is C24H15F3N4O3. The Bertz CT molecular complexity index is 1400. The summed E-state index contributed by atoms with van der Waals surface area (Å²) in [6.45, 7) is 0.672. The molecule has 0 N–H and O–H groups in total. The van der Waals surface area contributed by atoms with E-state index in [2.05, 4.69) is 4.98 Å². The Hall–Kier alpha value is -4.21. The van der Waals surface area contributed by atoms with E-state index in [0.29, 0.717) is 28.2 Å². The van der Waals surface area contributed by atoms with Gasteiger partial charge in [-0.15, -0.1) is 0 Å². The maximum Gasteiger partial charge on any atom is 0.417 e. The van der Waals surface area contributed by atoms with Crippen molar-refractivity contribution >= 4 is 34.8 Å². The van der Waals surface area contributed by atoms with Crippen molar-refractivity contribution in [1.29, 1.82) is 0 Å². The van der Waals surface area contributed by atoms with Gasteiger partial charge in [0.2, 0.25) is 17.7 Å². The number of alkyl halides is 3. The zero-order valence-corrected chi connectivity index (χ0v) is 17.5. The van der Waals surface area contributed by atoms with Crippen LogP contribution in [0.3, 0.4) is 0 Å². The molecule has 34 heavy (non-hydrogen) atoms. The van der Waals surface area contributed by atoms with Crippen LogP contribution in [-0.2, 0) is 20.6 Å². The van der Waals surface area contributed by atoms with Crippen molar-refractivity contribution < 1.29 is 27.6 Å². The Kier molecular flexibility index (Phi) is 4.14. The van der Waals surface area contributed by atoms with E-state index in [1.807, 2.05) is 0 Å². The van der Waals surface area contributed by atoms with E-state index >= 15 is 0 Å². The van der Waals surface area contributed by atoms with Crippen LogP contribution in [0.5, 0.6) is 0 Å². The highest BCUT2D eigenvalue weighted by Gasteiger charge is 2.42. The SMILES string of the molecule is O=C1CN1c1cc(N2CC2=O)c(N2CC2=O)cc1-c1ccc(-c2ccccc2C(F)(F)F)nc1. The third kappa shape index (κ3) is 3.38. The van der Waals surface area contributed by atoms with E-state index in [9.17, 15) is 27.6 Å². The minimum absolute atomic E-state index is 0.0336. The quantitative estimate of drug-likeness (QED) is 0.542. The molecule has 7 nitrogen and oxygen atoms in total. The number of pyridine rings is 1. The molecule has 4 heterocycles. The fourth-order valence-corrected chi connectivity index (χ4v) is 4.08. The Morgan fingerprint density at radius 3 is 1.79 bits per heavy atom. The van der Waals surface area contributed by atoms with Gasteiger partial charge in [-0.25, -0.2) is 0 Å². The first-order valence-corrected chi connectivity index (χ1v) is 10.4. The lowest BCUT2D eigenvalue weighted by Crippen LogP contribution is -2.07. The van der Waals surface area contributed by atoms with Gasteiger partial charge in [0.05, 0.1) is 28.3 Å². The molecule has 0 spiro atoms. The van der Waals surface area contributed by atoms with Crippen LogP contribution in [0.15, 0.2) is 54.7 Å². The minimum atomic E-state index is -4.52. The van der Waals surface area contributed by atoms with E-state index < -0.39 is 11.7 Å². The topological polar surface area (TPSA) is 73.1 Å². The highest BCUT2D eigenvalue weighted by atomic mass is 19.4. The largest absolute Gasteiger partial charge is 0.417 e. The van der Waals surface area contributed by atoms with Crippen molar-refractivity contribution in [2.24, 2.45) is 0 Å². The highest BCUT2D eigenvalue weighted by Crippen LogP contribution is 2.46. The lowest BCUT2D eigenvalue weighted by molar-refractivity contribution is -0.137. The molecular weight excluding hydrogens is 449 g/mol. The lowest BCUT2D eigenvalue weighted by atomic mass is 10.00. The molecule has 0 unspecified atom stereocenters. The average Bonchev–Trinajstić information content (AvgIpc) is 3.75. The summed E-state index contributed by atoms with van der Waals surface area (Å²) in [5.74, 6) is -0.265. The normalized spacial score (nSPS) is 16.9. The molecule has 3 aliphatic rings. The van der Waals surface area contributed by atoms with Crippen LogP contribution in [0.2, 0.25) is 0 Å². The van der Waals surface area contributed by atoms with Crippen LogP contribution in [0, 0.1) is 0 Å². The number of benzene rings is 2. The predicted octanol–water partition coefficient (Wildman–Crippen LogP) is 3.47. The van der Waals surface area contributed by atoms with Crippen LogP contribution in [0.4, 0.5) is 30.2 Å². The van der Waals surface area contributed by atoms with Crippen LogP contribution >= 0.6 is 0 Å². The molecule has 1 aromatic heterocycles. The van der Waals surface area contributed by atoms with E-state index in [1.165, 1.54) is 45.2 Å². The van der Waals surface area contributed by atoms with Gasteiger partial charge in [-0.05, 0) is 24.3 Å². The fourth-order valence-electron chi connectivity index (χ4n) is 4.08. The molecule has 2 aromatic carbocycles. The van der Waals surface area contributed by atoms with Gasteiger partial charge in [0.15, 0.2) is 0 Å². The van der Waals surface area contributed by atoms with Crippen molar-refractivity contribution in [2.75, 3.05) is 34.3 Å². The monoisotopic (exact) mass is 464 g/mol. The molecule has 3 aliphatic heterocycles. The second-order valence-electron chi connectivity index (χ2n) is 8.27. The van der Waals surface area contributed by atoms with E-state index in [1.54, 1.807) is 18.2 Å². The number of hydrogen-bond donors (Lipinski definition) is 0. The molecule has 0 aliphatic carbocycles. The van der Waals surface area contributed by atoms with Crippen molar-refractivity contribution in [3.63, 3.8) is 0 Å². The van der Waals surface area contributed by atoms with Crippen molar-refractivity contribution in [2.45, 2.75) is 6.18 Å². The summed E-state index contributed by atoms with van der Waals surface area (Å²) in [6.07, 6.45) is -3.07. The highest BCUT2D eigenvalue weighted by molar-refractivity contribution is 6.21. The van der Waals surface area contributed by atoms with Gasteiger partial charge in [0.25, 0.3) is 0 Å². The summed E-state index contributed by atoms with van der Waals surface area (Å²) in [5, 5.41) is 0. The summed E-state index contributed by atoms with van der Waals surface area (Å²) in [6, 6.07) is 11.8. The number of hydrogen-bond acceptors (Lipinski definition) is 4. The number of carbonyl (C=O) groups excluding carboxylic acids is 3. The Balaban J connectivity index is 1.45. The molecule has 170 valence electrons. The van der Waals surface area contributed by atoms with Crippen LogP contribution in [0.25, 0.3) is 22.4 Å². The van der Waals surface area contributed by atoms with Crippen LogP contribution < -0.4 is 14.7 Å². The van der Waals surface area contributed by atoms with Gasteiger partial charge in [-0.3, -0.25) is 29.2 Å². The summed E-state index contributed by atoms with van der Waals surface area (Å²) in [5.41, 5.74) is 2.18. The third-order valence-electron chi connectivity index (χ3n) is 6.02. The standard InChI is InChI=1S/C24H15F3N4O3/c25-24(26,27)16-4-2-1-3-14(16)17-6-5-13(9-28-17)15-7-19(30-11-22(30)33)20(31-12-23(31)34)8-18(15)29-10-21(29)32/h1-9H,10-12H2. The Morgan fingerprint density at radius 1 is 0.706 bits per heavy atom. The van der Waals surface area contributed by atoms with Gasteiger partial charge in [0, 0.05) is 22.9 Å². The number of carbonyl (C=O) groups is 3. The first-order chi connectivity index (χ1) is 16.2. The second kappa shape index (κ2) is 6.89. The molecule has 3 saturated heterocycles. The first-order valence-electron chi connectivity index (χ1n) is 10.4. The molecule has 3 aromatic rings. The average molecular weight is 464 g/mol. The van der Waals surface area contributed by atoms with E-state index in [-0.39, 0.29) is 48.6 Å². The van der Waals surface area contributed by atoms with Gasteiger partial charge >= 0.3 is 6.18 Å². The summed E-state index contributed by atoms with van der Waals surface area (Å²) in [7, 11) is 0. The van der Waals surface area contributed by atoms with Crippen LogP contribution in [0.1, 0.15) is 5.56 Å². The Morgan fingerprint density at radius 2 is 1.26 bits per heavy atom. The Labute approximate surface area is 191 Å². The molecule has 10 heteroatoms. The fraction of sp³-hybridized carbons (Fsp3) is 0.167. The van der Waals surface area contributed by atoms with Gasteiger partial charge in [0.1, 0.15) is 19.6 Å². The number of amides is 3. The van der Waals surface area contributed by atoms with Crippen molar-refractivity contribution in [3.8, 4) is 22.4 Å². The van der Waals surface area contributed by atoms with Gasteiger partial charge in [-0.2, -0.15) is 13.2 Å².